The first-order chi connectivity index (χ1) is 21.5. The lowest BCUT2D eigenvalue weighted by molar-refractivity contribution is -0.143. The lowest BCUT2D eigenvalue weighted by Gasteiger charge is -2.29. The fourth-order valence-corrected chi connectivity index (χ4v) is 6.89. The average molecular weight is 753 g/mol. The largest absolute Gasteiger partial charge is 0.490 e. The Morgan fingerprint density at radius 2 is 1.84 bits per heavy atom. The molecule has 0 amide bonds. The number of benzene rings is 3. The number of aromatic nitrogens is 3. The summed E-state index contributed by atoms with van der Waals surface area (Å²) in [6.07, 6.45) is -0.321. The van der Waals surface area contributed by atoms with Crippen LogP contribution in [0.4, 0.5) is 5.95 Å². The van der Waals surface area contributed by atoms with Crippen LogP contribution in [-0.2, 0) is 21.9 Å². The Hall–Kier alpha value is -2.89. The molecule has 1 aromatic heterocycles. The van der Waals surface area contributed by atoms with Crippen LogP contribution in [0, 0.1) is 0 Å². The van der Waals surface area contributed by atoms with E-state index in [0.29, 0.717) is 71.3 Å². The van der Waals surface area contributed by atoms with Gasteiger partial charge in [-0.3, -0.25) is 0 Å². The Kier molecular flexibility index (Phi) is 10.9. The topological polar surface area (TPSA) is 87.5 Å². The van der Waals surface area contributed by atoms with Gasteiger partial charge in [0.2, 0.25) is 11.1 Å². The second-order valence-electron chi connectivity index (χ2n) is 10.4. The van der Waals surface area contributed by atoms with Gasteiger partial charge in [0, 0.05) is 32.1 Å². The zero-order valence-corrected chi connectivity index (χ0v) is 29.5. The number of rotatable bonds is 11. The smallest absolute Gasteiger partial charge is 0.338 e. The van der Waals surface area contributed by atoms with Gasteiger partial charge in [-0.25, -0.2) is 9.48 Å². The molecule has 0 saturated carbocycles. The molecule has 0 saturated heterocycles. The average Bonchev–Trinajstić information content (AvgIpc) is 3.38. The number of ether oxygens (including phenoxy) is 3. The summed E-state index contributed by atoms with van der Waals surface area (Å²) in [5.41, 5.74) is 3.47. The molecule has 0 spiro atoms. The minimum Gasteiger partial charge on any atom is -0.490 e. The Labute approximate surface area is 289 Å². The van der Waals surface area contributed by atoms with Crippen molar-refractivity contribution in [1.29, 1.82) is 0 Å². The van der Waals surface area contributed by atoms with Crippen LogP contribution in [0.5, 0.6) is 11.5 Å². The van der Waals surface area contributed by atoms with Gasteiger partial charge in [-0.1, -0.05) is 70.8 Å². The number of thioether (sulfide) groups is 1. The normalized spacial score (nSPS) is 14.3. The Morgan fingerprint density at radius 3 is 2.56 bits per heavy atom. The standard InChI is InChI=1S/C32H30BrCl3N4O4S/c1-5-42-26-13-21(12-23(33)29(26)43-15-19-10-11-22(34)14-25(19)36)28-27(30(41)44-17(2)3)18(4)37-31-38-32(39-40(28)31)45-16-20-8-6-7-9-24(20)35/h6-14,17,28H,5,15-16H2,1-4H3,(H,37,38,39). The van der Waals surface area contributed by atoms with Crippen LogP contribution in [0.25, 0.3) is 0 Å². The van der Waals surface area contributed by atoms with Crippen molar-refractivity contribution in [3.05, 3.63) is 102 Å². The minimum atomic E-state index is -0.676. The van der Waals surface area contributed by atoms with Crippen LogP contribution in [-0.4, -0.2) is 33.4 Å². The number of fused-ring (bicyclic) bond motifs is 1. The number of hydrogen-bond acceptors (Lipinski definition) is 8. The molecule has 1 unspecified atom stereocenters. The predicted octanol–water partition coefficient (Wildman–Crippen LogP) is 9.51. The molecule has 1 N–H and O–H groups in total. The summed E-state index contributed by atoms with van der Waals surface area (Å²) in [5.74, 6) is 1.58. The Morgan fingerprint density at radius 1 is 1.07 bits per heavy atom. The highest BCUT2D eigenvalue weighted by Gasteiger charge is 2.36. The molecular weight excluding hydrogens is 723 g/mol. The van der Waals surface area contributed by atoms with Crippen molar-refractivity contribution in [1.82, 2.24) is 14.8 Å². The monoisotopic (exact) mass is 750 g/mol. The van der Waals surface area contributed by atoms with Crippen LogP contribution in [0.1, 0.15) is 50.4 Å². The van der Waals surface area contributed by atoms with E-state index >= 15 is 0 Å². The van der Waals surface area contributed by atoms with E-state index in [-0.39, 0.29) is 12.7 Å². The quantitative estimate of drug-likeness (QED) is 0.120. The van der Waals surface area contributed by atoms with E-state index < -0.39 is 12.0 Å². The summed E-state index contributed by atoms with van der Waals surface area (Å²) < 4.78 is 20.3. The van der Waals surface area contributed by atoms with Gasteiger partial charge in [-0.05, 0) is 85.1 Å². The first kappa shape index (κ1) is 33.5. The molecule has 8 nitrogen and oxygen atoms in total. The number of esters is 1. The third-order valence-corrected chi connectivity index (χ3v) is 9.18. The number of halogens is 4. The van der Waals surface area contributed by atoms with Crippen molar-refractivity contribution >= 4 is 74.4 Å². The van der Waals surface area contributed by atoms with Gasteiger partial charge in [0.1, 0.15) is 12.6 Å². The summed E-state index contributed by atoms with van der Waals surface area (Å²) in [7, 11) is 0. The maximum atomic E-state index is 13.6. The number of nitrogens with one attached hydrogen (secondary N) is 1. The molecule has 2 heterocycles. The minimum absolute atomic E-state index is 0.186. The zero-order chi connectivity index (χ0) is 32.2. The van der Waals surface area contributed by atoms with E-state index in [1.165, 1.54) is 11.8 Å². The zero-order valence-electron chi connectivity index (χ0n) is 24.9. The SMILES string of the molecule is CCOc1cc(C2C(C(=O)OC(C)C)=C(C)Nc3nc(SCc4ccccc4Cl)nn32)cc(Br)c1OCc1ccc(Cl)cc1Cl. The van der Waals surface area contributed by atoms with E-state index in [4.69, 9.17) is 59.1 Å². The number of nitrogens with zero attached hydrogens (tertiary/aromatic N) is 3. The first-order valence-electron chi connectivity index (χ1n) is 14.1. The van der Waals surface area contributed by atoms with Crippen LogP contribution in [0.3, 0.4) is 0 Å². The maximum Gasteiger partial charge on any atom is 0.338 e. The molecule has 0 radical (unpaired) electrons. The first-order valence-corrected chi connectivity index (χ1v) is 17.0. The molecule has 0 fully saturated rings. The lowest BCUT2D eigenvalue weighted by Crippen LogP contribution is -2.30. The van der Waals surface area contributed by atoms with E-state index in [1.54, 1.807) is 16.8 Å². The molecule has 5 rings (SSSR count). The number of anilines is 1. The van der Waals surface area contributed by atoms with Crippen LogP contribution >= 0.6 is 62.5 Å². The van der Waals surface area contributed by atoms with E-state index in [2.05, 4.69) is 21.2 Å². The van der Waals surface area contributed by atoms with E-state index in [9.17, 15) is 4.79 Å². The van der Waals surface area contributed by atoms with Crippen LogP contribution in [0.2, 0.25) is 15.1 Å². The van der Waals surface area contributed by atoms with Gasteiger partial charge in [0.25, 0.3) is 0 Å². The predicted molar refractivity (Wildman–Crippen MR) is 183 cm³/mol. The summed E-state index contributed by atoms with van der Waals surface area (Å²) in [6.45, 7) is 7.90. The highest BCUT2D eigenvalue weighted by molar-refractivity contribution is 9.10. The van der Waals surface area contributed by atoms with E-state index in [0.717, 1.165) is 11.1 Å². The summed E-state index contributed by atoms with van der Waals surface area (Å²) in [4.78, 5) is 18.3. The summed E-state index contributed by atoms with van der Waals surface area (Å²) in [5, 5.41) is 10.3. The van der Waals surface area contributed by atoms with Crippen molar-refractivity contribution in [2.24, 2.45) is 0 Å². The van der Waals surface area contributed by atoms with Gasteiger partial charge in [0.05, 0.1) is 22.8 Å². The number of allylic oxidation sites excluding steroid dienone is 1. The summed E-state index contributed by atoms with van der Waals surface area (Å²) >= 11 is 24.0. The number of hydrogen-bond donors (Lipinski definition) is 1. The molecule has 1 aliphatic heterocycles. The van der Waals surface area contributed by atoms with Crippen molar-refractivity contribution < 1.29 is 19.0 Å². The molecule has 3 aromatic carbocycles. The van der Waals surface area contributed by atoms with Gasteiger partial charge < -0.3 is 19.5 Å². The Bertz CT molecular complexity index is 1760. The van der Waals surface area contributed by atoms with E-state index in [1.807, 2.05) is 70.2 Å². The lowest BCUT2D eigenvalue weighted by atomic mass is 9.95. The molecule has 0 bridgehead atoms. The molecular formula is C32H30BrCl3N4O4S. The number of carbonyl (C=O) groups excluding carboxylic acids is 1. The van der Waals surface area contributed by atoms with Gasteiger partial charge in [0.15, 0.2) is 11.5 Å². The summed E-state index contributed by atoms with van der Waals surface area (Å²) in [6, 6.07) is 16.0. The van der Waals surface area contributed by atoms with Gasteiger partial charge in [-0.2, -0.15) is 4.98 Å². The molecule has 4 aromatic rings. The maximum absolute atomic E-state index is 13.6. The Balaban J connectivity index is 1.54. The van der Waals surface area contributed by atoms with Crippen molar-refractivity contribution in [3.8, 4) is 11.5 Å². The van der Waals surface area contributed by atoms with Crippen molar-refractivity contribution in [3.63, 3.8) is 0 Å². The second kappa shape index (κ2) is 14.7. The fourth-order valence-electron chi connectivity index (χ4n) is 4.74. The molecule has 1 aliphatic rings. The van der Waals surface area contributed by atoms with Crippen molar-refractivity contribution in [2.75, 3.05) is 11.9 Å². The molecule has 236 valence electrons. The van der Waals surface area contributed by atoms with Gasteiger partial charge >= 0.3 is 5.97 Å². The van der Waals surface area contributed by atoms with Crippen LogP contribution < -0.4 is 14.8 Å². The molecule has 1 atom stereocenters. The third-order valence-electron chi connectivity index (χ3n) is 6.74. The molecule has 45 heavy (non-hydrogen) atoms. The molecule has 13 heteroatoms. The highest BCUT2D eigenvalue weighted by atomic mass is 79.9. The second-order valence-corrected chi connectivity index (χ2v) is 13.4. The van der Waals surface area contributed by atoms with Crippen LogP contribution in [0.15, 0.2) is 75.5 Å². The molecule has 0 aliphatic carbocycles. The van der Waals surface area contributed by atoms with Crippen molar-refractivity contribution in [2.45, 2.75) is 57.4 Å². The number of carbonyl (C=O) groups is 1. The van der Waals surface area contributed by atoms with Gasteiger partial charge in [-0.15, -0.1) is 5.10 Å². The highest BCUT2D eigenvalue weighted by Crippen LogP contribution is 2.44. The fraction of sp³-hybridized carbons (Fsp3) is 0.281. The third kappa shape index (κ3) is 7.74.